The van der Waals surface area contributed by atoms with E-state index in [9.17, 15) is 39.0 Å². The standard InChI is InChI=1S/C27H30N2O9/c1-10-12-8-5-9-13(30)15(12)20(31)16-14(10)22(38-26(36)11-6-4-7-11)18-19(29(2)3)21(32)17(25(28)35)24(34)27(18,37)23(16)33/h5,8-11,14,16-19,22,30,37H,4,6-7H2,1-3H3,(H2,28,35)/t10-,14+,16?,17?,18+,19-,22-,27-/m0/s1. The number of ether oxygens (including phenoxy) is 1. The van der Waals surface area contributed by atoms with E-state index in [1.54, 1.807) is 19.1 Å². The van der Waals surface area contributed by atoms with Gasteiger partial charge >= 0.3 is 5.97 Å². The van der Waals surface area contributed by atoms with Gasteiger partial charge in [0.05, 0.1) is 29.4 Å². The number of primary amides is 1. The lowest BCUT2D eigenvalue weighted by Crippen LogP contribution is -2.78. The minimum Gasteiger partial charge on any atom is -0.507 e. The molecule has 11 nitrogen and oxygen atoms in total. The number of amides is 1. The maximum Gasteiger partial charge on any atom is 0.309 e. The number of esters is 1. The van der Waals surface area contributed by atoms with Gasteiger partial charge in [-0.05, 0) is 44.5 Å². The molecule has 0 bridgehead atoms. The zero-order valence-electron chi connectivity index (χ0n) is 21.2. The number of phenols is 1. The van der Waals surface area contributed by atoms with Crippen LogP contribution in [0.25, 0.3) is 0 Å². The molecule has 5 rings (SSSR count). The Balaban J connectivity index is 1.75. The van der Waals surface area contributed by atoms with Crippen LogP contribution in [0.3, 0.4) is 0 Å². The highest BCUT2D eigenvalue weighted by Crippen LogP contribution is 2.55. The molecule has 1 aromatic rings. The van der Waals surface area contributed by atoms with Crippen LogP contribution in [0.4, 0.5) is 0 Å². The van der Waals surface area contributed by atoms with E-state index < -0.39 is 88.3 Å². The predicted octanol–water partition coefficient (Wildman–Crippen LogP) is -0.250. The van der Waals surface area contributed by atoms with Gasteiger partial charge in [-0.2, -0.15) is 0 Å². The number of carbonyl (C=O) groups is 6. The first-order chi connectivity index (χ1) is 17.8. The van der Waals surface area contributed by atoms with Gasteiger partial charge in [0.15, 0.2) is 34.7 Å². The van der Waals surface area contributed by atoms with Crippen LogP contribution < -0.4 is 5.73 Å². The lowest BCUT2D eigenvalue weighted by molar-refractivity contribution is -0.208. The number of nitrogens with zero attached hydrogens (tertiary/aromatic N) is 1. The zero-order valence-corrected chi connectivity index (χ0v) is 21.2. The van der Waals surface area contributed by atoms with Crippen molar-refractivity contribution < 1.29 is 43.7 Å². The fourth-order valence-corrected chi connectivity index (χ4v) is 6.94. The van der Waals surface area contributed by atoms with E-state index >= 15 is 0 Å². The molecule has 4 aliphatic carbocycles. The van der Waals surface area contributed by atoms with Gasteiger partial charge in [0.25, 0.3) is 0 Å². The van der Waals surface area contributed by atoms with E-state index in [1.165, 1.54) is 25.1 Å². The molecule has 1 amide bonds. The van der Waals surface area contributed by atoms with Crippen LogP contribution >= 0.6 is 0 Å². The largest absolute Gasteiger partial charge is 0.507 e. The fraction of sp³-hybridized carbons (Fsp3) is 0.556. The Labute approximate surface area is 218 Å². The molecule has 11 heteroatoms. The van der Waals surface area contributed by atoms with Crippen LogP contribution in [-0.4, -0.2) is 82.0 Å². The number of ketones is 4. The molecule has 0 radical (unpaired) electrons. The van der Waals surface area contributed by atoms with E-state index in [4.69, 9.17) is 10.5 Å². The van der Waals surface area contributed by atoms with Crippen LogP contribution in [0, 0.1) is 29.6 Å². The number of aromatic hydroxyl groups is 1. The van der Waals surface area contributed by atoms with Gasteiger partial charge in [-0.25, -0.2) is 0 Å². The first-order valence-electron chi connectivity index (χ1n) is 12.7. The van der Waals surface area contributed by atoms with Crippen molar-refractivity contribution in [2.24, 2.45) is 35.3 Å². The number of hydrogen-bond donors (Lipinski definition) is 3. The van der Waals surface area contributed by atoms with Crippen molar-refractivity contribution in [2.45, 2.75) is 49.9 Å². The Bertz CT molecular complexity index is 1290. The first kappa shape index (κ1) is 26.2. The highest BCUT2D eigenvalue weighted by molar-refractivity contribution is 6.32. The second kappa shape index (κ2) is 8.81. The molecule has 202 valence electrons. The van der Waals surface area contributed by atoms with E-state index in [0.717, 1.165) is 6.42 Å². The average molecular weight is 527 g/mol. The van der Waals surface area contributed by atoms with Crippen LogP contribution in [0.15, 0.2) is 18.2 Å². The first-order valence-corrected chi connectivity index (χ1v) is 12.7. The molecule has 8 atom stereocenters. The van der Waals surface area contributed by atoms with Gasteiger partial charge in [-0.15, -0.1) is 0 Å². The van der Waals surface area contributed by atoms with Gasteiger partial charge in [0.2, 0.25) is 5.91 Å². The summed E-state index contributed by atoms with van der Waals surface area (Å²) in [6, 6.07) is 3.06. The van der Waals surface area contributed by atoms with Gasteiger partial charge in [-0.3, -0.25) is 33.7 Å². The summed E-state index contributed by atoms with van der Waals surface area (Å²) < 4.78 is 5.97. The molecule has 0 heterocycles. The summed E-state index contributed by atoms with van der Waals surface area (Å²) in [4.78, 5) is 81.7. The quantitative estimate of drug-likeness (QED) is 0.349. The van der Waals surface area contributed by atoms with Crippen molar-refractivity contribution in [3.63, 3.8) is 0 Å². The van der Waals surface area contributed by atoms with E-state index in [1.807, 2.05) is 0 Å². The molecule has 0 spiro atoms. The number of phenolic OH excluding ortho intramolecular Hbond substituents is 1. The number of carbonyl (C=O) groups excluding carboxylic acids is 6. The van der Waals surface area contributed by atoms with Crippen LogP contribution in [0.1, 0.15) is 48.0 Å². The SMILES string of the molecule is C[C@H]1c2cccc(O)c2C(=O)C2C(=O)[C@]3(O)C(=O)C(C(N)=O)C(=O)[C@@H](N(C)C)[C@@H]3[C@@H](OC(=O)C3CCC3)[C@@H]21. The highest BCUT2D eigenvalue weighted by Gasteiger charge is 2.74. The summed E-state index contributed by atoms with van der Waals surface area (Å²) in [6.07, 6.45) is 0.579. The number of nitrogens with two attached hydrogens (primary N) is 1. The van der Waals surface area contributed by atoms with Crippen LogP contribution in [-0.2, 0) is 28.7 Å². The molecule has 4 N–H and O–H groups in total. The topological polar surface area (TPSA) is 181 Å². The van der Waals surface area contributed by atoms with E-state index in [-0.39, 0.29) is 11.3 Å². The minimum atomic E-state index is -3.01. The van der Waals surface area contributed by atoms with Crippen molar-refractivity contribution in [3.8, 4) is 5.75 Å². The number of Topliss-reactive ketones (excluding diaryl/α,β-unsaturated/α-hetero) is 4. The molecule has 3 saturated carbocycles. The molecule has 38 heavy (non-hydrogen) atoms. The van der Waals surface area contributed by atoms with Gasteiger partial charge in [0, 0.05) is 5.92 Å². The maximum absolute atomic E-state index is 14.1. The second-order valence-corrected chi connectivity index (χ2v) is 11.1. The Kier molecular flexibility index (Phi) is 6.07. The molecule has 0 saturated heterocycles. The number of likely N-dealkylation sites (N-methyl/N-ethyl adjacent to an activating group) is 1. The molecular formula is C27H30N2O9. The molecule has 1 aromatic carbocycles. The Morgan fingerprint density at radius 3 is 2.32 bits per heavy atom. The number of fused-ring (bicyclic) bond motifs is 3. The smallest absolute Gasteiger partial charge is 0.309 e. The molecule has 3 fully saturated rings. The van der Waals surface area contributed by atoms with Crippen LogP contribution in [0.5, 0.6) is 5.75 Å². The third-order valence-corrected chi connectivity index (χ3v) is 9.02. The van der Waals surface area contributed by atoms with Gasteiger partial charge in [0.1, 0.15) is 11.9 Å². The lowest BCUT2D eigenvalue weighted by Gasteiger charge is -2.56. The Morgan fingerprint density at radius 2 is 1.76 bits per heavy atom. The maximum atomic E-state index is 14.1. The number of hydrogen-bond acceptors (Lipinski definition) is 10. The molecule has 0 aliphatic heterocycles. The highest BCUT2D eigenvalue weighted by atomic mass is 16.5. The van der Waals surface area contributed by atoms with Gasteiger partial charge < -0.3 is 20.7 Å². The number of benzene rings is 1. The van der Waals surface area contributed by atoms with Crippen molar-refractivity contribution in [1.82, 2.24) is 4.90 Å². The van der Waals surface area contributed by atoms with Crippen LogP contribution in [0.2, 0.25) is 0 Å². The van der Waals surface area contributed by atoms with Crippen molar-refractivity contribution in [1.29, 1.82) is 0 Å². The third kappa shape index (κ3) is 3.34. The van der Waals surface area contributed by atoms with Gasteiger partial charge in [-0.1, -0.05) is 25.5 Å². The van der Waals surface area contributed by atoms with Crippen molar-refractivity contribution in [3.05, 3.63) is 29.3 Å². The van der Waals surface area contributed by atoms with Crippen molar-refractivity contribution in [2.75, 3.05) is 14.1 Å². The predicted molar refractivity (Wildman–Crippen MR) is 129 cm³/mol. The second-order valence-electron chi connectivity index (χ2n) is 11.1. The molecule has 2 unspecified atom stereocenters. The van der Waals surface area contributed by atoms with E-state index in [2.05, 4.69) is 0 Å². The Morgan fingerprint density at radius 1 is 1.11 bits per heavy atom. The molecule has 0 aromatic heterocycles. The minimum absolute atomic E-state index is 0.115. The summed E-state index contributed by atoms with van der Waals surface area (Å²) in [5.74, 6) is -14.1. The van der Waals surface area contributed by atoms with Crippen molar-refractivity contribution >= 4 is 35.0 Å². The molecular weight excluding hydrogens is 496 g/mol. The van der Waals surface area contributed by atoms with E-state index in [0.29, 0.717) is 18.4 Å². The molecule has 4 aliphatic rings. The zero-order chi connectivity index (χ0) is 27.8. The summed E-state index contributed by atoms with van der Waals surface area (Å²) >= 11 is 0. The normalized spacial score (nSPS) is 36.7. The lowest BCUT2D eigenvalue weighted by atomic mass is 9.49. The summed E-state index contributed by atoms with van der Waals surface area (Å²) in [5.41, 5.74) is 2.67. The summed E-state index contributed by atoms with van der Waals surface area (Å²) in [5, 5.41) is 22.4. The third-order valence-electron chi connectivity index (χ3n) is 9.02. The number of rotatable bonds is 4. The summed E-state index contributed by atoms with van der Waals surface area (Å²) in [7, 11) is 2.95. The Hall–Kier alpha value is -3.44. The summed E-state index contributed by atoms with van der Waals surface area (Å²) in [6.45, 7) is 1.70. The number of aliphatic hydroxyl groups is 1. The fourth-order valence-electron chi connectivity index (χ4n) is 6.94. The monoisotopic (exact) mass is 526 g/mol. The average Bonchev–Trinajstić information content (AvgIpc) is 2.79.